The lowest BCUT2D eigenvalue weighted by Gasteiger charge is -2.26. The summed E-state index contributed by atoms with van der Waals surface area (Å²) in [7, 11) is 0. The number of hydrogen-bond acceptors (Lipinski definition) is 6. The number of carbonyl (C=O) groups excluding carboxylic acids is 2. The van der Waals surface area contributed by atoms with Gasteiger partial charge in [0.2, 0.25) is 6.33 Å². The van der Waals surface area contributed by atoms with Crippen molar-refractivity contribution in [2.75, 3.05) is 19.8 Å². The molecule has 2 aliphatic rings. The number of likely N-dealkylation sites (tertiary alicyclic amines) is 1. The molecular formula is C33H40N3O6+. The predicted molar refractivity (Wildman–Crippen MR) is 157 cm³/mol. The van der Waals surface area contributed by atoms with Crippen LogP contribution in [0.4, 0.5) is 0 Å². The lowest BCUT2D eigenvalue weighted by Crippen LogP contribution is -2.36. The van der Waals surface area contributed by atoms with Gasteiger partial charge >= 0.3 is 0 Å². The maximum absolute atomic E-state index is 13.6. The van der Waals surface area contributed by atoms with Crippen molar-refractivity contribution in [2.45, 2.75) is 71.6 Å². The highest BCUT2D eigenvalue weighted by atomic mass is 16.5. The monoisotopic (exact) mass is 574 g/mol. The third-order valence-electron chi connectivity index (χ3n) is 7.72. The molecule has 2 N–H and O–H groups in total. The van der Waals surface area contributed by atoms with Crippen LogP contribution in [-0.2, 0) is 22.6 Å². The number of H-pyrrole nitrogens is 1. The minimum atomic E-state index is -0.780. The first-order valence-corrected chi connectivity index (χ1v) is 14.9. The van der Waals surface area contributed by atoms with Gasteiger partial charge in [0, 0.05) is 24.9 Å². The summed E-state index contributed by atoms with van der Waals surface area (Å²) in [5.41, 5.74) is 2.19. The summed E-state index contributed by atoms with van der Waals surface area (Å²) in [5, 5.41) is 11.6. The summed E-state index contributed by atoms with van der Waals surface area (Å²) >= 11 is 0. The Morgan fingerprint density at radius 3 is 2.71 bits per heavy atom. The van der Waals surface area contributed by atoms with Crippen molar-refractivity contribution in [3.63, 3.8) is 0 Å². The van der Waals surface area contributed by atoms with Crippen LogP contribution in [-0.4, -0.2) is 52.5 Å². The van der Waals surface area contributed by atoms with Crippen molar-refractivity contribution in [1.82, 2.24) is 9.88 Å². The third kappa shape index (κ3) is 6.15. The molecule has 2 aliphatic heterocycles. The van der Waals surface area contributed by atoms with Gasteiger partial charge in [0.25, 0.3) is 11.7 Å². The highest BCUT2D eigenvalue weighted by molar-refractivity contribution is 6.46. The van der Waals surface area contributed by atoms with Crippen LogP contribution in [0.3, 0.4) is 0 Å². The number of ketones is 1. The normalized spacial score (nSPS) is 19.2. The van der Waals surface area contributed by atoms with Gasteiger partial charge in [-0.25, -0.2) is 4.57 Å². The van der Waals surface area contributed by atoms with E-state index >= 15 is 0 Å². The predicted octanol–water partition coefficient (Wildman–Crippen LogP) is 5.11. The fraction of sp³-hybridized carbons (Fsp3) is 0.424. The average Bonchev–Trinajstić information content (AvgIpc) is 3.70. The number of aromatic nitrogens is 2. The van der Waals surface area contributed by atoms with E-state index < -0.39 is 17.7 Å². The zero-order valence-electron chi connectivity index (χ0n) is 24.6. The number of nitrogens with one attached hydrogen (secondary N) is 1. The summed E-state index contributed by atoms with van der Waals surface area (Å²) < 4.78 is 19.8. The third-order valence-corrected chi connectivity index (χ3v) is 7.72. The van der Waals surface area contributed by atoms with Crippen LogP contribution in [0.5, 0.6) is 17.2 Å². The number of ether oxygens (including phenoxy) is 3. The number of amides is 1. The molecule has 3 heterocycles. The van der Waals surface area contributed by atoms with Crippen LogP contribution < -0.4 is 18.8 Å². The Labute approximate surface area is 246 Å². The number of aromatic amines is 1. The Kier molecular flexibility index (Phi) is 9.15. The molecule has 2 unspecified atom stereocenters. The Morgan fingerprint density at radius 1 is 1.10 bits per heavy atom. The largest absolute Gasteiger partial charge is 0.507 e. The quantitative estimate of drug-likeness (QED) is 0.0967. The molecule has 0 saturated carbocycles. The molecule has 222 valence electrons. The van der Waals surface area contributed by atoms with Crippen molar-refractivity contribution >= 4 is 17.4 Å². The fourth-order valence-electron chi connectivity index (χ4n) is 5.68. The molecule has 0 spiro atoms. The average molecular weight is 575 g/mol. The lowest BCUT2D eigenvalue weighted by atomic mass is 9.94. The van der Waals surface area contributed by atoms with Gasteiger partial charge in [-0.3, -0.25) is 14.6 Å². The number of aliphatic hydroxyl groups excluding tert-OH is 1. The second-order valence-electron chi connectivity index (χ2n) is 10.8. The molecule has 1 saturated heterocycles. The number of imidazole rings is 1. The Bertz CT molecular complexity index is 1450. The fourth-order valence-corrected chi connectivity index (χ4v) is 5.68. The number of aryl methyl sites for hydroxylation is 1. The second kappa shape index (κ2) is 13.1. The lowest BCUT2D eigenvalue weighted by molar-refractivity contribution is -0.695. The van der Waals surface area contributed by atoms with Gasteiger partial charge in [0.1, 0.15) is 30.0 Å². The molecule has 9 nitrogen and oxygen atoms in total. The molecule has 9 heteroatoms. The highest BCUT2D eigenvalue weighted by Crippen LogP contribution is 2.43. The number of fused-ring (bicyclic) bond motifs is 1. The van der Waals surface area contributed by atoms with E-state index in [0.29, 0.717) is 61.8 Å². The molecule has 0 aliphatic carbocycles. The van der Waals surface area contributed by atoms with E-state index in [2.05, 4.69) is 11.9 Å². The van der Waals surface area contributed by atoms with E-state index in [1.54, 1.807) is 11.0 Å². The zero-order chi connectivity index (χ0) is 29.6. The van der Waals surface area contributed by atoms with Crippen molar-refractivity contribution < 1.29 is 33.5 Å². The van der Waals surface area contributed by atoms with E-state index in [4.69, 9.17) is 14.2 Å². The van der Waals surface area contributed by atoms with Crippen molar-refractivity contribution in [2.24, 2.45) is 0 Å². The van der Waals surface area contributed by atoms with Crippen molar-refractivity contribution in [3.05, 3.63) is 77.4 Å². The van der Waals surface area contributed by atoms with Crippen LogP contribution in [0.1, 0.15) is 69.2 Å². The summed E-state index contributed by atoms with van der Waals surface area (Å²) in [5.74, 6) is 0.412. The number of nitrogens with zero attached hydrogens (tertiary/aromatic N) is 2. The van der Waals surface area contributed by atoms with Crippen molar-refractivity contribution in [3.8, 4) is 17.2 Å². The number of carbonyl (C=O) groups is 2. The summed E-state index contributed by atoms with van der Waals surface area (Å²) in [6.07, 6.45) is 10.1. The maximum atomic E-state index is 13.6. The van der Waals surface area contributed by atoms with Crippen LogP contribution in [0.25, 0.3) is 5.76 Å². The van der Waals surface area contributed by atoms with Gasteiger partial charge in [-0.2, -0.15) is 0 Å². The van der Waals surface area contributed by atoms with Gasteiger partial charge in [0.15, 0.2) is 11.5 Å². The van der Waals surface area contributed by atoms with Crippen LogP contribution in [0.15, 0.2) is 60.7 Å². The standard InChI is InChI=1S/C33H39N3O6/c1-4-6-7-17-41-27-12-9-23(20-28(27)40-5-2)30-29(31(37)24-10-11-26-25(19-24)18-22(3)42-26)32(38)33(39)36(30)15-8-14-35-16-13-34-21-35/h9-13,16,19-22,30H,4-8,14-15,17-18H2,1-3H3,(H,37,38)/p+1. The maximum Gasteiger partial charge on any atom is 0.295 e. The van der Waals surface area contributed by atoms with Crippen LogP contribution in [0.2, 0.25) is 0 Å². The van der Waals surface area contributed by atoms with Crippen LogP contribution >= 0.6 is 0 Å². The van der Waals surface area contributed by atoms with Gasteiger partial charge in [-0.15, -0.1) is 0 Å². The summed E-state index contributed by atoms with van der Waals surface area (Å²) in [6, 6.07) is 10.1. The molecule has 42 heavy (non-hydrogen) atoms. The molecule has 2 atom stereocenters. The first-order valence-electron chi connectivity index (χ1n) is 14.9. The zero-order valence-corrected chi connectivity index (χ0v) is 24.6. The smallest absolute Gasteiger partial charge is 0.295 e. The molecule has 5 rings (SSSR count). The van der Waals surface area contributed by atoms with Gasteiger partial charge in [-0.1, -0.05) is 25.8 Å². The Hall–Kier alpha value is -4.27. The summed E-state index contributed by atoms with van der Waals surface area (Å²) in [6.45, 7) is 8.03. The van der Waals surface area contributed by atoms with Gasteiger partial charge in [0.05, 0.1) is 31.4 Å². The van der Waals surface area contributed by atoms with Crippen molar-refractivity contribution in [1.29, 1.82) is 0 Å². The molecule has 1 amide bonds. The highest BCUT2D eigenvalue weighted by Gasteiger charge is 2.46. The van der Waals surface area contributed by atoms with E-state index in [0.717, 1.165) is 30.6 Å². The minimum Gasteiger partial charge on any atom is -0.507 e. The second-order valence-corrected chi connectivity index (χ2v) is 10.8. The number of hydrogen-bond donors (Lipinski definition) is 2. The minimum absolute atomic E-state index is 0.0422. The van der Waals surface area contributed by atoms with E-state index in [9.17, 15) is 14.7 Å². The molecule has 3 aromatic rings. The van der Waals surface area contributed by atoms with Crippen LogP contribution in [0, 0.1) is 0 Å². The topological polar surface area (TPSA) is 105 Å². The molecule has 2 aromatic carbocycles. The SMILES string of the molecule is CCCCCOc1ccc(C2/C(=C(\O)c3ccc4c(c3)CC(C)O4)C(=O)C(=O)N2CCC[n+]2cc[nH]c2)cc1OCC. The molecule has 0 radical (unpaired) electrons. The molecule has 1 fully saturated rings. The van der Waals surface area contributed by atoms with E-state index in [1.165, 1.54) is 0 Å². The molecule has 0 bridgehead atoms. The number of unbranched alkanes of at least 4 members (excludes halogenated alkanes) is 2. The van der Waals surface area contributed by atoms with Gasteiger partial charge < -0.3 is 24.2 Å². The van der Waals surface area contributed by atoms with Gasteiger partial charge in [-0.05, 0) is 61.7 Å². The Balaban J connectivity index is 1.52. The number of benzene rings is 2. The first-order chi connectivity index (χ1) is 20.4. The molecular weight excluding hydrogens is 534 g/mol. The number of Topliss-reactive ketones (excluding diaryl/α,β-unsaturated/α-hetero) is 1. The summed E-state index contributed by atoms with van der Waals surface area (Å²) in [4.78, 5) is 31.6. The molecule has 1 aromatic heterocycles. The first kappa shape index (κ1) is 29.2. The number of rotatable bonds is 13. The van der Waals surface area contributed by atoms with E-state index in [1.807, 2.05) is 67.5 Å². The number of aliphatic hydroxyl groups is 1. The van der Waals surface area contributed by atoms with E-state index in [-0.39, 0.29) is 17.4 Å². The Morgan fingerprint density at radius 2 is 1.95 bits per heavy atom.